The number of fused-ring (bicyclic) bond motifs is 6. The largest absolute Gasteiger partial charge is 0.475 e. The van der Waals surface area contributed by atoms with E-state index in [1.54, 1.807) is 23.1 Å². The van der Waals surface area contributed by atoms with Gasteiger partial charge in [0.1, 0.15) is 48.5 Å². The number of carboxylic acids is 1. The number of carboxylic acid groups (broad SMARTS) is 1. The lowest BCUT2D eigenvalue weighted by atomic mass is 9.96. The Hall–Kier alpha value is -4.83. The number of nitrogens with zero attached hydrogens (tertiary/aromatic N) is 5. The molecule has 2 unspecified atom stereocenters. The normalized spacial score (nSPS) is 19.6. The van der Waals surface area contributed by atoms with Gasteiger partial charge in [-0.15, -0.1) is 5.54 Å². The van der Waals surface area contributed by atoms with Crippen LogP contribution in [0.2, 0.25) is 16.6 Å². The highest BCUT2D eigenvalue weighted by Gasteiger charge is 2.52. The van der Waals surface area contributed by atoms with Gasteiger partial charge in [0.2, 0.25) is 11.7 Å². The number of rotatable bonds is 5. The van der Waals surface area contributed by atoms with Gasteiger partial charge in [0, 0.05) is 17.5 Å². The number of carbonyl (C=O) groups is 2. The number of aromatic carboxylic acids is 1. The van der Waals surface area contributed by atoms with Gasteiger partial charge >= 0.3 is 12.1 Å². The molecule has 2 fully saturated rings. The number of hydrogen-bond acceptors (Lipinski definition) is 8. The maximum absolute atomic E-state index is 17.2. The Morgan fingerprint density at radius 3 is 2.31 bits per heavy atom. The molecule has 54 heavy (non-hydrogen) atoms. The molecule has 13 heteroatoms. The van der Waals surface area contributed by atoms with Crippen molar-refractivity contribution in [3.8, 4) is 28.6 Å². The monoisotopic (exact) mass is 755 g/mol. The van der Waals surface area contributed by atoms with Crippen LogP contribution >= 0.6 is 0 Å². The summed E-state index contributed by atoms with van der Waals surface area (Å²) in [4.78, 5) is 43.0. The predicted octanol–water partition coefficient (Wildman–Crippen LogP) is 8.74. The van der Waals surface area contributed by atoms with E-state index in [4.69, 9.17) is 14.5 Å². The van der Waals surface area contributed by atoms with Crippen LogP contribution in [-0.2, 0) is 4.74 Å². The van der Waals surface area contributed by atoms with Crippen LogP contribution < -0.4 is 9.64 Å². The summed E-state index contributed by atoms with van der Waals surface area (Å²) in [5, 5.41) is 11.3. The summed E-state index contributed by atoms with van der Waals surface area (Å²) in [6, 6.07) is 7.19. The van der Waals surface area contributed by atoms with Crippen LogP contribution in [0.5, 0.6) is 5.88 Å². The number of piperazine rings is 1. The highest BCUT2D eigenvalue weighted by Crippen LogP contribution is 2.46. The van der Waals surface area contributed by atoms with Crippen LogP contribution in [-0.4, -0.2) is 82.0 Å². The third-order valence-corrected chi connectivity index (χ3v) is 17.8. The molecule has 1 N–H and O–H groups in total. The minimum atomic E-state index is -2.29. The van der Waals surface area contributed by atoms with Crippen molar-refractivity contribution in [1.29, 1.82) is 0 Å². The molecule has 1 amide bonds. The zero-order valence-electron chi connectivity index (χ0n) is 32.3. The summed E-state index contributed by atoms with van der Waals surface area (Å²) in [6.07, 6.45) is 0.935. The van der Waals surface area contributed by atoms with Gasteiger partial charge in [-0.25, -0.2) is 33.3 Å². The molecule has 2 aromatic carbocycles. The molecule has 2 bridgehead atoms. The van der Waals surface area contributed by atoms with Gasteiger partial charge in [0.05, 0.1) is 23.7 Å². The molecule has 4 aromatic rings. The number of anilines is 1. The fraction of sp³-hybridized carbons (Fsp3) is 0.488. The molecule has 5 heterocycles. The first-order chi connectivity index (χ1) is 25.4. The van der Waals surface area contributed by atoms with Crippen molar-refractivity contribution in [1.82, 2.24) is 19.9 Å². The Morgan fingerprint density at radius 2 is 1.67 bits per heavy atom. The zero-order valence-corrected chi connectivity index (χ0v) is 33.3. The molecule has 10 nitrogen and oxygen atoms in total. The molecule has 2 aromatic heterocycles. The number of carbonyl (C=O) groups excluding carboxylic acids is 1. The van der Waals surface area contributed by atoms with Crippen molar-refractivity contribution in [3.63, 3.8) is 0 Å². The second-order valence-corrected chi connectivity index (χ2v) is 22.2. The van der Waals surface area contributed by atoms with Gasteiger partial charge < -0.3 is 19.5 Å². The first kappa shape index (κ1) is 37.5. The van der Waals surface area contributed by atoms with E-state index < -0.39 is 49.2 Å². The molecule has 7 rings (SSSR count). The molecule has 0 radical (unpaired) electrons. The first-order valence-electron chi connectivity index (χ1n) is 18.7. The molecule has 284 valence electrons. The van der Waals surface area contributed by atoms with Crippen LogP contribution in [0.4, 0.5) is 19.4 Å². The Labute approximate surface area is 315 Å². The standard InChI is InChI=1S/C41H47F2N5O5Si/c1-21(2)54(22(3)4,23(5)6)18-17-26-28(42)15-13-24-11-10-12-27(31(24)26)34-33(43)35-32-37(46-36(44-35)39(49)50)47-19-25-14-16-29(30(47)20-52-38(32)45-34)48(25)40(51)53-41(7,8)9/h10-13,15,21-23,25,29-30H,14,16,19-20H2,1-9H3,(H,49,50)/t25?,29?,30-/m1/s1. The summed E-state index contributed by atoms with van der Waals surface area (Å²) in [7, 11) is -2.29. The Bertz CT molecular complexity index is 2240. The van der Waals surface area contributed by atoms with Gasteiger partial charge in [0.25, 0.3) is 0 Å². The second kappa shape index (κ2) is 13.5. The summed E-state index contributed by atoms with van der Waals surface area (Å²) in [5.74, 6) is 0.0410. The van der Waals surface area contributed by atoms with Gasteiger partial charge in [-0.2, -0.15) is 0 Å². The highest BCUT2D eigenvalue weighted by atomic mass is 28.3. The van der Waals surface area contributed by atoms with Gasteiger partial charge in [0.15, 0.2) is 5.82 Å². The van der Waals surface area contributed by atoms with Crippen LogP contribution in [0.15, 0.2) is 30.3 Å². The highest BCUT2D eigenvalue weighted by molar-refractivity contribution is 6.90. The smallest absolute Gasteiger partial charge is 0.410 e. The third-order valence-electron chi connectivity index (χ3n) is 11.5. The lowest BCUT2D eigenvalue weighted by molar-refractivity contribution is 0.00539. The van der Waals surface area contributed by atoms with E-state index in [0.717, 1.165) is 0 Å². The number of ether oxygens (including phenoxy) is 2. The maximum Gasteiger partial charge on any atom is 0.410 e. The first-order valence-corrected chi connectivity index (χ1v) is 21.0. The summed E-state index contributed by atoms with van der Waals surface area (Å²) < 4.78 is 45.4. The van der Waals surface area contributed by atoms with Crippen LogP contribution in [0.3, 0.4) is 0 Å². The lowest BCUT2D eigenvalue weighted by Gasteiger charge is -2.46. The topological polar surface area (TPSA) is 118 Å². The average Bonchev–Trinajstić information content (AvgIpc) is 3.33. The number of benzene rings is 2. The van der Waals surface area contributed by atoms with Crippen LogP contribution in [0, 0.1) is 23.1 Å². The minimum Gasteiger partial charge on any atom is -0.475 e. The summed E-state index contributed by atoms with van der Waals surface area (Å²) in [6.45, 7) is 18.9. The maximum atomic E-state index is 17.2. The molecule has 3 atom stereocenters. The van der Waals surface area contributed by atoms with E-state index in [1.165, 1.54) is 6.07 Å². The summed E-state index contributed by atoms with van der Waals surface area (Å²) in [5.41, 5.74) is 3.82. The van der Waals surface area contributed by atoms with Crippen LogP contribution in [0.1, 0.15) is 91.3 Å². The van der Waals surface area contributed by atoms with Crippen molar-refractivity contribution in [2.75, 3.05) is 18.1 Å². The molecule has 3 aliphatic heterocycles. The van der Waals surface area contributed by atoms with E-state index >= 15 is 8.78 Å². The van der Waals surface area contributed by atoms with E-state index in [9.17, 15) is 14.7 Å². The van der Waals surface area contributed by atoms with Crippen LogP contribution in [0.25, 0.3) is 32.9 Å². The number of pyridine rings is 1. The quantitative estimate of drug-likeness (QED) is 0.158. The van der Waals surface area contributed by atoms with Crippen molar-refractivity contribution < 1.29 is 33.0 Å². The molecule has 0 saturated carbocycles. The molecule has 3 aliphatic rings. The van der Waals surface area contributed by atoms with Crippen molar-refractivity contribution >= 4 is 47.6 Å². The Kier molecular flexibility index (Phi) is 9.35. The second-order valence-electron chi connectivity index (χ2n) is 16.7. The lowest BCUT2D eigenvalue weighted by Crippen LogP contribution is -2.63. The number of halogens is 2. The van der Waals surface area contributed by atoms with Gasteiger partial charge in [-0.05, 0) is 61.7 Å². The Balaban J connectivity index is 1.43. The van der Waals surface area contributed by atoms with Crippen molar-refractivity contribution in [3.05, 3.63) is 53.4 Å². The SMILES string of the molecule is CC(C)[Si](C#Cc1c(F)ccc2cccc(-c3nc4c5c(nc(C(=O)O)nc5c3F)N3CC5CCC([C@H]3CO4)N5C(=O)OC(C)(C)C)c12)(C(C)C)C(C)C. The minimum absolute atomic E-state index is 0.0225. The zero-order chi connectivity index (χ0) is 39.0. The fourth-order valence-electron chi connectivity index (χ4n) is 9.23. The molecular weight excluding hydrogens is 709 g/mol. The summed E-state index contributed by atoms with van der Waals surface area (Å²) >= 11 is 0. The van der Waals surface area contributed by atoms with E-state index in [1.807, 2.05) is 31.7 Å². The molecule has 0 spiro atoms. The third kappa shape index (κ3) is 6.03. The van der Waals surface area contributed by atoms with E-state index in [2.05, 4.69) is 63.0 Å². The molecular formula is C41H47F2N5O5Si. The fourth-order valence-corrected chi connectivity index (χ4v) is 14.4. The molecule has 0 aliphatic carbocycles. The molecule has 2 saturated heterocycles. The number of aromatic nitrogens is 3. The average molecular weight is 756 g/mol. The van der Waals surface area contributed by atoms with Gasteiger partial charge in [-0.1, -0.05) is 71.7 Å². The van der Waals surface area contributed by atoms with Crippen molar-refractivity contribution in [2.45, 2.75) is 116 Å². The van der Waals surface area contributed by atoms with Gasteiger partial charge in [-0.3, -0.25) is 4.90 Å². The number of hydrogen-bond donors (Lipinski definition) is 1. The number of amides is 1. The van der Waals surface area contributed by atoms with E-state index in [-0.39, 0.29) is 58.1 Å². The van der Waals surface area contributed by atoms with E-state index in [0.29, 0.717) is 46.8 Å². The predicted molar refractivity (Wildman–Crippen MR) is 207 cm³/mol. The Morgan fingerprint density at radius 1 is 0.963 bits per heavy atom. The van der Waals surface area contributed by atoms with Crippen molar-refractivity contribution in [2.24, 2.45) is 0 Å².